The maximum atomic E-state index is 14.1. The largest absolute Gasteiger partial charge is 0.330 e. The molecule has 2 rings (SSSR count). The molecule has 0 fully saturated rings. The first-order valence-electron chi connectivity index (χ1n) is 7.56. The smallest absolute Gasteiger partial charge is 0.246 e. The summed E-state index contributed by atoms with van der Waals surface area (Å²) < 4.78 is 54.4. The number of benzene rings is 2. The van der Waals surface area contributed by atoms with Gasteiger partial charge in [0.15, 0.2) is 0 Å². The summed E-state index contributed by atoms with van der Waals surface area (Å²) in [5, 5.41) is 0. The van der Waals surface area contributed by atoms with Crippen molar-refractivity contribution in [2.24, 2.45) is 5.73 Å². The predicted molar refractivity (Wildman–Crippen MR) is 88.8 cm³/mol. The third-order valence-electron chi connectivity index (χ3n) is 3.64. The van der Waals surface area contributed by atoms with Crippen LogP contribution in [0.2, 0.25) is 0 Å². The van der Waals surface area contributed by atoms with Gasteiger partial charge >= 0.3 is 0 Å². The van der Waals surface area contributed by atoms with E-state index in [-0.39, 0.29) is 18.7 Å². The van der Waals surface area contributed by atoms with Gasteiger partial charge in [-0.3, -0.25) is 0 Å². The van der Waals surface area contributed by atoms with E-state index in [1.54, 1.807) is 24.3 Å². The molecule has 0 amide bonds. The molecule has 0 spiro atoms. The highest BCUT2D eigenvalue weighted by Crippen LogP contribution is 2.24. The highest BCUT2D eigenvalue weighted by Gasteiger charge is 2.28. The molecule has 0 atom stereocenters. The van der Waals surface area contributed by atoms with E-state index < -0.39 is 26.6 Å². The Bertz CT molecular complexity index is 796. The Morgan fingerprint density at radius 1 is 1.08 bits per heavy atom. The molecule has 7 heteroatoms. The molecule has 2 aromatic rings. The quantitative estimate of drug-likeness (QED) is 0.832. The Labute approximate surface area is 141 Å². The van der Waals surface area contributed by atoms with E-state index in [1.165, 1.54) is 11.2 Å². The summed E-state index contributed by atoms with van der Waals surface area (Å²) in [4.78, 5) is -0.519. The average molecular weight is 354 g/mol. The molecule has 0 radical (unpaired) electrons. The first-order chi connectivity index (χ1) is 11.4. The Kier molecular flexibility index (Phi) is 6.04. The van der Waals surface area contributed by atoms with Crippen LogP contribution in [-0.2, 0) is 16.6 Å². The second-order valence-corrected chi connectivity index (χ2v) is 7.40. The zero-order valence-electron chi connectivity index (χ0n) is 13.4. The van der Waals surface area contributed by atoms with Gasteiger partial charge in [0.1, 0.15) is 16.5 Å². The predicted octanol–water partition coefficient (Wildman–Crippen LogP) is 2.81. The maximum Gasteiger partial charge on any atom is 0.246 e. The van der Waals surface area contributed by atoms with Gasteiger partial charge in [0, 0.05) is 19.2 Å². The zero-order chi connectivity index (χ0) is 17.7. The summed E-state index contributed by atoms with van der Waals surface area (Å²) >= 11 is 0. The molecule has 0 saturated heterocycles. The lowest BCUT2D eigenvalue weighted by molar-refractivity contribution is 0.398. The van der Waals surface area contributed by atoms with Gasteiger partial charge in [-0.2, -0.15) is 4.31 Å². The number of aryl methyl sites for hydroxylation is 1. The van der Waals surface area contributed by atoms with Crippen molar-refractivity contribution >= 4 is 10.0 Å². The van der Waals surface area contributed by atoms with Crippen LogP contribution < -0.4 is 5.73 Å². The van der Waals surface area contributed by atoms with Crippen LogP contribution in [0, 0.1) is 18.6 Å². The number of hydrogen-bond donors (Lipinski definition) is 1. The van der Waals surface area contributed by atoms with Gasteiger partial charge < -0.3 is 5.73 Å². The van der Waals surface area contributed by atoms with Gasteiger partial charge in [-0.25, -0.2) is 17.2 Å². The van der Waals surface area contributed by atoms with Crippen molar-refractivity contribution in [3.8, 4) is 0 Å². The standard InChI is InChI=1S/C17H20F2N2O2S/c1-13-10-17(16(19)11-15(13)18)24(22,23)21(9-5-8-20)12-14-6-3-2-4-7-14/h2-4,6-7,10-11H,5,8-9,12,20H2,1H3. The lowest BCUT2D eigenvalue weighted by Gasteiger charge is -2.22. The molecule has 0 saturated carbocycles. The highest BCUT2D eigenvalue weighted by atomic mass is 32.2. The molecular formula is C17H20F2N2O2S. The van der Waals surface area contributed by atoms with Gasteiger partial charge in [0.2, 0.25) is 10.0 Å². The number of sulfonamides is 1. The second kappa shape index (κ2) is 7.83. The van der Waals surface area contributed by atoms with Gasteiger partial charge in [0.05, 0.1) is 0 Å². The Morgan fingerprint density at radius 3 is 2.38 bits per heavy atom. The summed E-state index contributed by atoms with van der Waals surface area (Å²) in [7, 11) is -4.11. The minimum atomic E-state index is -4.11. The van der Waals surface area contributed by atoms with Crippen LogP contribution in [0.15, 0.2) is 47.4 Å². The molecule has 4 nitrogen and oxygen atoms in total. The number of nitrogens with two attached hydrogens (primary N) is 1. The van der Waals surface area contributed by atoms with Crippen molar-refractivity contribution in [1.29, 1.82) is 0 Å². The summed E-state index contributed by atoms with van der Waals surface area (Å²) in [5.74, 6) is -1.87. The van der Waals surface area contributed by atoms with Gasteiger partial charge in [-0.05, 0) is 37.1 Å². The van der Waals surface area contributed by atoms with E-state index in [0.717, 1.165) is 11.6 Å². The van der Waals surface area contributed by atoms with Crippen molar-refractivity contribution in [2.75, 3.05) is 13.1 Å². The molecule has 0 heterocycles. The van der Waals surface area contributed by atoms with Crippen LogP contribution in [-0.4, -0.2) is 25.8 Å². The van der Waals surface area contributed by atoms with Gasteiger partial charge in [0.25, 0.3) is 0 Å². The molecule has 0 aliphatic rings. The monoisotopic (exact) mass is 354 g/mol. The third kappa shape index (κ3) is 4.17. The van der Waals surface area contributed by atoms with Crippen molar-refractivity contribution < 1.29 is 17.2 Å². The van der Waals surface area contributed by atoms with Crippen molar-refractivity contribution in [1.82, 2.24) is 4.31 Å². The molecular weight excluding hydrogens is 334 g/mol. The van der Waals surface area contributed by atoms with E-state index in [0.29, 0.717) is 19.0 Å². The fourth-order valence-corrected chi connectivity index (χ4v) is 3.90. The molecule has 0 unspecified atom stereocenters. The minimum Gasteiger partial charge on any atom is -0.330 e. The van der Waals surface area contributed by atoms with Crippen LogP contribution in [0.1, 0.15) is 17.5 Å². The average Bonchev–Trinajstić information content (AvgIpc) is 2.55. The number of rotatable bonds is 7. The van der Waals surface area contributed by atoms with Crippen molar-refractivity contribution in [3.63, 3.8) is 0 Å². The maximum absolute atomic E-state index is 14.1. The Balaban J connectivity index is 2.41. The van der Waals surface area contributed by atoms with E-state index in [1.807, 2.05) is 6.07 Å². The van der Waals surface area contributed by atoms with Gasteiger partial charge in [-0.1, -0.05) is 30.3 Å². The lowest BCUT2D eigenvalue weighted by atomic mass is 10.2. The van der Waals surface area contributed by atoms with Crippen LogP contribution in [0.3, 0.4) is 0 Å². The second-order valence-electron chi connectivity index (χ2n) is 5.50. The van der Waals surface area contributed by atoms with Crippen LogP contribution in [0.25, 0.3) is 0 Å². The highest BCUT2D eigenvalue weighted by molar-refractivity contribution is 7.89. The van der Waals surface area contributed by atoms with E-state index in [4.69, 9.17) is 5.73 Å². The summed E-state index contributed by atoms with van der Waals surface area (Å²) in [5.41, 5.74) is 6.33. The van der Waals surface area contributed by atoms with Crippen molar-refractivity contribution in [2.45, 2.75) is 24.8 Å². The summed E-state index contributed by atoms with van der Waals surface area (Å²) in [6.45, 7) is 1.96. The first kappa shape index (κ1) is 18.5. The molecule has 0 aliphatic heterocycles. The van der Waals surface area contributed by atoms with Crippen molar-refractivity contribution in [3.05, 3.63) is 65.2 Å². The molecule has 0 aromatic heterocycles. The molecule has 2 N–H and O–H groups in total. The fourth-order valence-electron chi connectivity index (χ4n) is 2.31. The first-order valence-corrected chi connectivity index (χ1v) is 9.00. The summed E-state index contributed by atoms with van der Waals surface area (Å²) in [6, 6.07) is 10.6. The number of hydrogen-bond acceptors (Lipinski definition) is 3. The molecule has 24 heavy (non-hydrogen) atoms. The zero-order valence-corrected chi connectivity index (χ0v) is 14.2. The van der Waals surface area contributed by atoms with E-state index in [2.05, 4.69) is 0 Å². The SMILES string of the molecule is Cc1cc(S(=O)(=O)N(CCCN)Cc2ccccc2)c(F)cc1F. The van der Waals surface area contributed by atoms with E-state index >= 15 is 0 Å². The number of nitrogens with zero attached hydrogens (tertiary/aromatic N) is 1. The molecule has 0 aliphatic carbocycles. The van der Waals surface area contributed by atoms with Crippen LogP contribution >= 0.6 is 0 Å². The van der Waals surface area contributed by atoms with E-state index in [9.17, 15) is 17.2 Å². The Hall–Kier alpha value is -1.83. The van der Waals surface area contributed by atoms with Gasteiger partial charge in [-0.15, -0.1) is 0 Å². The molecule has 2 aromatic carbocycles. The Morgan fingerprint density at radius 2 is 1.75 bits per heavy atom. The molecule has 130 valence electrons. The topological polar surface area (TPSA) is 63.4 Å². The fraction of sp³-hybridized carbons (Fsp3) is 0.294. The normalized spacial score (nSPS) is 11.9. The lowest BCUT2D eigenvalue weighted by Crippen LogP contribution is -2.33. The number of halogens is 2. The minimum absolute atomic E-state index is 0.0773. The summed E-state index contributed by atoms with van der Waals surface area (Å²) in [6.07, 6.45) is 0.438. The van der Waals surface area contributed by atoms with Crippen LogP contribution in [0.5, 0.6) is 0 Å². The molecule has 0 bridgehead atoms. The third-order valence-corrected chi connectivity index (χ3v) is 5.50. The van der Waals surface area contributed by atoms with Crippen LogP contribution in [0.4, 0.5) is 8.78 Å².